The van der Waals surface area contributed by atoms with Crippen LogP contribution in [0.4, 0.5) is 5.82 Å². The maximum absolute atomic E-state index is 11.7. The molecular weight excluding hydrogens is 322 g/mol. The van der Waals surface area contributed by atoms with Gasteiger partial charge in [0.25, 0.3) is 0 Å². The van der Waals surface area contributed by atoms with Crippen LogP contribution in [0.25, 0.3) is 10.9 Å². The Hall–Kier alpha value is -2.60. The van der Waals surface area contributed by atoms with E-state index in [9.17, 15) is 4.79 Å². The summed E-state index contributed by atoms with van der Waals surface area (Å²) in [6.45, 7) is 0.666. The predicted octanol–water partition coefficient (Wildman–Crippen LogP) is 3.75. The van der Waals surface area contributed by atoms with Crippen molar-refractivity contribution in [2.24, 2.45) is 0 Å². The number of methoxy groups -OCH3 is 1. The van der Waals surface area contributed by atoms with Crippen LogP contribution < -0.4 is 5.32 Å². The molecule has 0 aliphatic carbocycles. The maximum Gasteiger partial charge on any atom is 0.337 e. The lowest BCUT2D eigenvalue weighted by Gasteiger charge is -2.11. The lowest BCUT2D eigenvalue weighted by molar-refractivity contribution is 0.0601. The number of carbonyl (C=O) groups is 1. The molecule has 24 heavy (non-hydrogen) atoms. The van der Waals surface area contributed by atoms with E-state index in [1.807, 2.05) is 30.5 Å². The van der Waals surface area contributed by atoms with E-state index in [2.05, 4.69) is 27.4 Å². The second kappa shape index (κ2) is 7.31. The van der Waals surface area contributed by atoms with E-state index in [0.717, 1.165) is 11.2 Å². The molecule has 0 amide bonds. The molecule has 0 radical (unpaired) electrons. The predicted molar refractivity (Wildman–Crippen MR) is 96.4 cm³/mol. The first-order chi connectivity index (χ1) is 11.7. The Kier molecular flexibility index (Phi) is 4.96. The van der Waals surface area contributed by atoms with Crippen LogP contribution >= 0.6 is 11.8 Å². The van der Waals surface area contributed by atoms with Gasteiger partial charge in [-0.2, -0.15) is 0 Å². The van der Waals surface area contributed by atoms with Gasteiger partial charge in [0, 0.05) is 11.9 Å². The third kappa shape index (κ3) is 3.49. The minimum atomic E-state index is -0.375. The van der Waals surface area contributed by atoms with Crippen LogP contribution in [0.1, 0.15) is 15.9 Å². The van der Waals surface area contributed by atoms with Crippen molar-refractivity contribution >= 4 is 34.5 Å². The number of nitrogens with one attached hydrogen (secondary N) is 1. The normalized spacial score (nSPS) is 10.6. The summed E-state index contributed by atoms with van der Waals surface area (Å²) in [5.41, 5.74) is 2.36. The monoisotopic (exact) mass is 339 g/mol. The molecule has 0 unspecified atom stereocenters. The molecule has 0 fully saturated rings. The van der Waals surface area contributed by atoms with Gasteiger partial charge >= 0.3 is 5.97 Å². The van der Waals surface area contributed by atoms with Gasteiger partial charge < -0.3 is 10.1 Å². The zero-order chi connectivity index (χ0) is 16.9. The van der Waals surface area contributed by atoms with Crippen molar-refractivity contribution in [3.63, 3.8) is 0 Å². The second-order valence-electron chi connectivity index (χ2n) is 5.12. The van der Waals surface area contributed by atoms with Gasteiger partial charge in [0.1, 0.15) is 5.82 Å². The quantitative estimate of drug-likeness (QED) is 0.434. The molecule has 6 heteroatoms. The molecule has 3 rings (SSSR count). The van der Waals surface area contributed by atoms with Gasteiger partial charge in [-0.1, -0.05) is 42.1 Å². The number of hydrogen-bond acceptors (Lipinski definition) is 6. The Balaban J connectivity index is 1.98. The molecule has 0 aliphatic rings. The van der Waals surface area contributed by atoms with Crippen LogP contribution in [-0.4, -0.2) is 29.3 Å². The highest BCUT2D eigenvalue weighted by Crippen LogP contribution is 2.25. The molecule has 1 aromatic heterocycles. The van der Waals surface area contributed by atoms with Gasteiger partial charge in [-0.3, -0.25) is 0 Å². The van der Waals surface area contributed by atoms with E-state index in [0.29, 0.717) is 22.8 Å². The molecule has 5 nitrogen and oxygen atoms in total. The molecule has 0 atom stereocenters. The molecule has 3 aromatic rings. The molecule has 0 saturated heterocycles. The summed E-state index contributed by atoms with van der Waals surface area (Å²) in [5.74, 6) is 0.379. The summed E-state index contributed by atoms with van der Waals surface area (Å²) in [4.78, 5) is 20.8. The molecule has 0 bridgehead atoms. The lowest BCUT2D eigenvalue weighted by atomic mass is 10.1. The van der Waals surface area contributed by atoms with Crippen molar-refractivity contribution in [1.82, 2.24) is 9.97 Å². The third-order valence-electron chi connectivity index (χ3n) is 3.58. The number of rotatable bonds is 5. The summed E-state index contributed by atoms with van der Waals surface area (Å²) >= 11 is 1.46. The Bertz CT molecular complexity index is 869. The van der Waals surface area contributed by atoms with E-state index in [4.69, 9.17) is 4.74 Å². The van der Waals surface area contributed by atoms with E-state index in [1.54, 1.807) is 12.1 Å². The third-order valence-corrected chi connectivity index (χ3v) is 4.13. The molecule has 1 N–H and O–H groups in total. The van der Waals surface area contributed by atoms with Crippen LogP contribution in [0.3, 0.4) is 0 Å². The van der Waals surface area contributed by atoms with Crippen LogP contribution in [0.2, 0.25) is 0 Å². The fourth-order valence-electron chi connectivity index (χ4n) is 2.36. The number of carbonyl (C=O) groups excluding carboxylic acids is 1. The van der Waals surface area contributed by atoms with Gasteiger partial charge in [0.15, 0.2) is 5.16 Å². The molecule has 0 spiro atoms. The Labute approximate surface area is 144 Å². The zero-order valence-corrected chi connectivity index (χ0v) is 14.3. The number of anilines is 1. The molecule has 2 aromatic carbocycles. The Morgan fingerprint density at radius 3 is 2.67 bits per heavy atom. The molecule has 122 valence electrons. The first-order valence-electron chi connectivity index (χ1n) is 7.43. The summed E-state index contributed by atoms with van der Waals surface area (Å²) in [7, 11) is 1.37. The number of fused-ring (bicyclic) bond motifs is 1. The topological polar surface area (TPSA) is 64.1 Å². The van der Waals surface area contributed by atoms with E-state index < -0.39 is 0 Å². The van der Waals surface area contributed by atoms with Gasteiger partial charge in [0.2, 0.25) is 0 Å². The van der Waals surface area contributed by atoms with Gasteiger partial charge in [0.05, 0.1) is 18.2 Å². The van der Waals surface area contributed by atoms with Crippen molar-refractivity contribution in [1.29, 1.82) is 0 Å². The average molecular weight is 339 g/mol. The van der Waals surface area contributed by atoms with Gasteiger partial charge in [-0.15, -0.1) is 0 Å². The summed E-state index contributed by atoms with van der Waals surface area (Å²) in [6, 6.07) is 15.4. The van der Waals surface area contributed by atoms with Crippen LogP contribution in [0.5, 0.6) is 0 Å². The van der Waals surface area contributed by atoms with Gasteiger partial charge in [-0.05, 0) is 30.0 Å². The van der Waals surface area contributed by atoms with Crippen molar-refractivity contribution in [3.8, 4) is 0 Å². The van der Waals surface area contributed by atoms with Gasteiger partial charge in [-0.25, -0.2) is 14.8 Å². The number of hydrogen-bond donors (Lipinski definition) is 1. The summed E-state index contributed by atoms with van der Waals surface area (Å²) in [6.07, 6.45) is 1.92. The zero-order valence-electron chi connectivity index (χ0n) is 13.4. The number of benzene rings is 2. The van der Waals surface area contributed by atoms with Crippen LogP contribution in [-0.2, 0) is 11.3 Å². The van der Waals surface area contributed by atoms with E-state index in [1.165, 1.54) is 24.4 Å². The Morgan fingerprint density at radius 1 is 1.17 bits per heavy atom. The first-order valence-corrected chi connectivity index (χ1v) is 8.65. The number of aromatic nitrogens is 2. The number of thioether (sulfide) groups is 1. The van der Waals surface area contributed by atoms with Crippen molar-refractivity contribution in [3.05, 3.63) is 59.7 Å². The van der Waals surface area contributed by atoms with E-state index >= 15 is 0 Å². The Morgan fingerprint density at radius 2 is 1.96 bits per heavy atom. The summed E-state index contributed by atoms with van der Waals surface area (Å²) in [5, 5.41) is 4.89. The number of ether oxygens (including phenoxy) is 1. The largest absolute Gasteiger partial charge is 0.465 e. The van der Waals surface area contributed by atoms with E-state index in [-0.39, 0.29) is 5.97 Å². The van der Waals surface area contributed by atoms with Crippen molar-refractivity contribution < 1.29 is 9.53 Å². The molecule has 0 aliphatic heterocycles. The average Bonchev–Trinajstić information content (AvgIpc) is 2.65. The standard InChI is InChI=1S/C18H17N3O2S/c1-23-17(22)13-8-9-14-15(10-13)20-18(24-2)21-16(14)19-11-12-6-4-3-5-7-12/h3-10H,11H2,1-2H3,(H,19,20,21). The van der Waals surface area contributed by atoms with Crippen LogP contribution in [0, 0.1) is 0 Å². The second-order valence-corrected chi connectivity index (χ2v) is 5.89. The fourth-order valence-corrected chi connectivity index (χ4v) is 2.73. The highest BCUT2D eigenvalue weighted by molar-refractivity contribution is 7.98. The fraction of sp³-hybridized carbons (Fsp3) is 0.167. The molecule has 1 heterocycles. The minimum absolute atomic E-state index is 0.375. The summed E-state index contributed by atoms with van der Waals surface area (Å²) < 4.78 is 4.77. The molecular formula is C18H17N3O2S. The number of esters is 1. The van der Waals surface area contributed by atoms with Crippen molar-refractivity contribution in [2.45, 2.75) is 11.7 Å². The first kappa shape index (κ1) is 16.3. The molecule has 0 saturated carbocycles. The van der Waals surface area contributed by atoms with Crippen LogP contribution in [0.15, 0.2) is 53.7 Å². The highest BCUT2D eigenvalue weighted by atomic mass is 32.2. The minimum Gasteiger partial charge on any atom is -0.465 e. The van der Waals surface area contributed by atoms with Crippen molar-refractivity contribution in [2.75, 3.05) is 18.7 Å². The maximum atomic E-state index is 11.7. The SMILES string of the molecule is COC(=O)c1ccc2c(NCc3ccccc3)nc(SC)nc2c1. The highest BCUT2D eigenvalue weighted by Gasteiger charge is 2.11. The lowest BCUT2D eigenvalue weighted by Crippen LogP contribution is -2.05. The smallest absolute Gasteiger partial charge is 0.337 e. The number of nitrogens with zero attached hydrogens (tertiary/aromatic N) is 2.